The number of hydrogen-bond donors (Lipinski definition) is 1. The predicted octanol–water partition coefficient (Wildman–Crippen LogP) is 2.38. The summed E-state index contributed by atoms with van der Waals surface area (Å²) in [7, 11) is 1.95. The summed E-state index contributed by atoms with van der Waals surface area (Å²) in [5.41, 5.74) is 1.03. The molecule has 3 amide bonds. The van der Waals surface area contributed by atoms with Crippen molar-refractivity contribution in [3.8, 4) is 0 Å². The number of aryl methyl sites for hydroxylation is 1. The van der Waals surface area contributed by atoms with Gasteiger partial charge in [0.1, 0.15) is 13.1 Å². The Morgan fingerprint density at radius 2 is 1.90 bits per heavy atom. The highest BCUT2D eigenvalue weighted by Gasteiger charge is 2.26. The minimum Gasteiger partial charge on any atom is -0.465 e. The fraction of sp³-hybridized carbons (Fsp3) is 0.667. The van der Waals surface area contributed by atoms with Crippen LogP contribution in [0.2, 0.25) is 0 Å². The van der Waals surface area contributed by atoms with Gasteiger partial charge >= 0.3 is 12.0 Å². The van der Waals surface area contributed by atoms with Crippen molar-refractivity contribution in [1.29, 1.82) is 0 Å². The lowest BCUT2D eigenvalue weighted by molar-refractivity contribution is -0.141. The van der Waals surface area contributed by atoms with Gasteiger partial charge in [0.05, 0.1) is 13.2 Å². The van der Waals surface area contributed by atoms with E-state index in [1.54, 1.807) is 11.8 Å². The van der Waals surface area contributed by atoms with Gasteiger partial charge in [-0.05, 0) is 38.3 Å². The van der Waals surface area contributed by atoms with E-state index >= 15 is 0 Å². The van der Waals surface area contributed by atoms with Crippen LogP contribution in [0.4, 0.5) is 4.79 Å². The van der Waals surface area contributed by atoms with Crippen LogP contribution in [0.3, 0.4) is 0 Å². The molecular formula is C21H36N4O4. The summed E-state index contributed by atoms with van der Waals surface area (Å²) in [5, 5.41) is 2.56. The smallest absolute Gasteiger partial charge is 0.325 e. The molecular weight excluding hydrogens is 372 g/mol. The molecule has 164 valence electrons. The molecule has 1 rings (SSSR count). The summed E-state index contributed by atoms with van der Waals surface area (Å²) in [6.45, 7) is 10.8. The maximum Gasteiger partial charge on any atom is 0.325 e. The number of aromatic nitrogens is 1. The van der Waals surface area contributed by atoms with Gasteiger partial charge in [0.2, 0.25) is 5.91 Å². The van der Waals surface area contributed by atoms with E-state index in [0.29, 0.717) is 25.4 Å². The number of esters is 1. The molecule has 0 aliphatic rings. The van der Waals surface area contributed by atoms with E-state index < -0.39 is 12.0 Å². The molecule has 1 aromatic rings. The molecule has 0 saturated heterocycles. The zero-order chi connectivity index (χ0) is 22.0. The van der Waals surface area contributed by atoms with E-state index in [2.05, 4.69) is 19.2 Å². The monoisotopic (exact) mass is 408 g/mol. The van der Waals surface area contributed by atoms with Crippen molar-refractivity contribution in [2.45, 2.75) is 53.6 Å². The summed E-state index contributed by atoms with van der Waals surface area (Å²) in [4.78, 5) is 40.5. The van der Waals surface area contributed by atoms with Crippen LogP contribution in [-0.4, -0.2) is 64.6 Å². The lowest BCUT2D eigenvalue weighted by Gasteiger charge is -2.32. The maximum absolute atomic E-state index is 13.1. The minimum atomic E-state index is -0.499. The molecule has 0 aliphatic carbocycles. The molecule has 0 bridgehead atoms. The van der Waals surface area contributed by atoms with Gasteiger partial charge in [0.25, 0.3) is 0 Å². The minimum absolute atomic E-state index is 0.0409. The second-order valence-corrected chi connectivity index (χ2v) is 7.63. The number of nitrogens with zero attached hydrogens (tertiary/aromatic N) is 3. The Labute approximate surface area is 174 Å². The Morgan fingerprint density at radius 3 is 2.41 bits per heavy atom. The zero-order valence-electron chi connectivity index (χ0n) is 18.6. The van der Waals surface area contributed by atoms with Crippen molar-refractivity contribution >= 4 is 17.9 Å². The van der Waals surface area contributed by atoms with Crippen LogP contribution in [0.5, 0.6) is 0 Å². The first kappa shape index (κ1) is 24.5. The molecule has 0 radical (unpaired) electrons. The number of urea groups is 1. The van der Waals surface area contributed by atoms with Crippen LogP contribution >= 0.6 is 0 Å². The summed E-state index contributed by atoms with van der Waals surface area (Å²) in [6, 6.07) is 3.35. The summed E-state index contributed by atoms with van der Waals surface area (Å²) in [5.74, 6) is -0.318. The second kappa shape index (κ2) is 12.1. The lowest BCUT2D eigenvalue weighted by Crippen LogP contribution is -2.51. The number of hydrogen-bond acceptors (Lipinski definition) is 4. The highest BCUT2D eigenvalue weighted by Crippen LogP contribution is 2.11. The van der Waals surface area contributed by atoms with Crippen LogP contribution < -0.4 is 5.32 Å². The van der Waals surface area contributed by atoms with Crippen LogP contribution in [0.15, 0.2) is 18.3 Å². The molecule has 8 heteroatoms. The van der Waals surface area contributed by atoms with Gasteiger partial charge in [0, 0.05) is 31.5 Å². The first-order valence-corrected chi connectivity index (χ1v) is 10.3. The molecule has 1 atom stereocenters. The van der Waals surface area contributed by atoms with Crippen molar-refractivity contribution in [3.63, 3.8) is 0 Å². The topological polar surface area (TPSA) is 83.9 Å². The van der Waals surface area contributed by atoms with Crippen molar-refractivity contribution in [3.05, 3.63) is 24.0 Å². The average Bonchev–Trinajstić information content (AvgIpc) is 3.07. The molecule has 0 fully saturated rings. The van der Waals surface area contributed by atoms with E-state index in [4.69, 9.17) is 4.74 Å². The number of ether oxygens (including phenoxy) is 1. The molecule has 8 nitrogen and oxygen atoms in total. The third-order valence-corrected chi connectivity index (χ3v) is 4.72. The predicted molar refractivity (Wildman–Crippen MR) is 112 cm³/mol. The van der Waals surface area contributed by atoms with Crippen LogP contribution in [0, 0.1) is 5.92 Å². The van der Waals surface area contributed by atoms with Crippen LogP contribution in [-0.2, 0) is 27.9 Å². The van der Waals surface area contributed by atoms with Crippen molar-refractivity contribution in [1.82, 2.24) is 19.7 Å². The summed E-state index contributed by atoms with van der Waals surface area (Å²) < 4.78 is 6.83. The van der Waals surface area contributed by atoms with E-state index in [9.17, 15) is 14.4 Å². The zero-order valence-corrected chi connectivity index (χ0v) is 18.6. The quantitative estimate of drug-likeness (QED) is 0.570. The maximum atomic E-state index is 13.1. The van der Waals surface area contributed by atoms with Crippen molar-refractivity contribution in [2.75, 3.05) is 26.2 Å². The van der Waals surface area contributed by atoms with Gasteiger partial charge in [-0.15, -0.1) is 0 Å². The van der Waals surface area contributed by atoms with Crippen LogP contribution in [0.25, 0.3) is 0 Å². The lowest BCUT2D eigenvalue weighted by atomic mass is 10.2. The van der Waals surface area contributed by atoms with Crippen molar-refractivity contribution in [2.24, 2.45) is 13.0 Å². The van der Waals surface area contributed by atoms with E-state index in [1.165, 1.54) is 4.90 Å². The van der Waals surface area contributed by atoms with Gasteiger partial charge in [0.15, 0.2) is 0 Å². The molecule has 0 spiro atoms. The fourth-order valence-electron chi connectivity index (χ4n) is 2.91. The van der Waals surface area contributed by atoms with Crippen LogP contribution in [0.1, 0.15) is 46.7 Å². The Bertz CT molecular complexity index is 671. The normalized spacial score (nSPS) is 11.8. The standard InChI is InChI=1S/C21H36N4O4/c1-7-17(5)25(21(28)22-12-20(27)29-8-2)15-19(26)24(13-16(3)4)14-18-10-9-11-23(18)6/h9-11,16-17H,7-8,12-15H2,1-6H3,(H,22,28). The van der Waals surface area contributed by atoms with Crippen molar-refractivity contribution < 1.29 is 19.1 Å². The summed E-state index contributed by atoms with van der Waals surface area (Å²) >= 11 is 0. The first-order valence-electron chi connectivity index (χ1n) is 10.3. The Morgan fingerprint density at radius 1 is 1.21 bits per heavy atom. The third kappa shape index (κ3) is 8.17. The van der Waals surface area contributed by atoms with Gasteiger partial charge in [-0.3, -0.25) is 9.59 Å². The fourth-order valence-corrected chi connectivity index (χ4v) is 2.91. The summed E-state index contributed by atoms with van der Waals surface area (Å²) in [6.07, 6.45) is 2.64. The van der Waals surface area contributed by atoms with Gasteiger partial charge < -0.3 is 24.4 Å². The van der Waals surface area contributed by atoms with E-state index in [1.807, 2.05) is 43.8 Å². The molecule has 1 N–H and O–H groups in total. The molecule has 1 aromatic heterocycles. The molecule has 0 aliphatic heterocycles. The van der Waals surface area contributed by atoms with E-state index in [0.717, 1.165) is 5.69 Å². The average molecular weight is 409 g/mol. The number of carbonyl (C=O) groups excluding carboxylic acids is 3. The Hall–Kier alpha value is -2.51. The van der Waals surface area contributed by atoms with E-state index in [-0.39, 0.29) is 31.6 Å². The highest BCUT2D eigenvalue weighted by atomic mass is 16.5. The number of amides is 3. The largest absolute Gasteiger partial charge is 0.465 e. The molecule has 29 heavy (non-hydrogen) atoms. The molecule has 1 heterocycles. The molecule has 0 saturated carbocycles. The van der Waals surface area contributed by atoms with Gasteiger partial charge in [-0.25, -0.2) is 4.79 Å². The molecule has 1 unspecified atom stereocenters. The Kier molecular flexibility index (Phi) is 10.3. The molecule has 0 aromatic carbocycles. The van der Waals surface area contributed by atoms with Gasteiger partial charge in [-0.2, -0.15) is 0 Å². The highest BCUT2D eigenvalue weighted by molar-refractivity contribution is 5.86. The Balaban J connectivity index is 2.87. The second-order valence-electron chi connectivity index (χ2n) is 7.63. The third-order valence-electron chi connectivity index (χ3n) is 4.72. The number of nitrogens with one attached hydrogen (secondary N) is 1. The number of carbonyl (C=O) groups is 3. The SMILES string of the molecule is CCOC(=O)CNC(=O)N(CC(=O)N(Cc1cccn1C)CC(C)C)C(C)CC. The number of rotatable bonds is 11. The van der Waals surface area contributed by atoms with Gasteiger partial charge in [-0.1, -0.05) is 20.8 Å². The first-order chi connectivity index (χ1) is 13.7.